The molecule has 1 atom stereocenters. The molecule has 0 heterocycles. The molecule has 0 spiro atoms. The van der Waals surface area contributed by atoms with E-state index in [4.69, 9.17) is 0 Å². The molecule has 0 aliphatic rings. The summed E-state index contributed by atoms with van der Waals surface area (Å²) in [5, 5.41) is 10.3. The van der Waals surface area contributed by atoms with Crippen molar-refractivity contribution in [1.82, 2.24) is 0 Å². The summed E-state index contributed by atoms with van der Waals surface area (Å²) in [6.07, 6.45) is 3.20. The molecule has 0 radical (unpaired) electrons. The predicted molar refractivity (Wildman–Crippen MR) is 44.8 cm³/mol. The van der Waals surface area contributed by atoms with E-state index >= 15 is 0 Å². The van der Waals surface area contributed by atoms with Gasteiger partial charge in [0, 0.05) is 6.42 Å². The van der Waals surface area contributed by atoms with Crippen molar-refractivity contribution in [3.63, 3.8) is 0 Å². The molecule has 0 aromatic rings. The third kappa shape index (κ3) is 3.75. The van der Waals surface area contributed by atoms with Crippen LogP contribution < -0.4 is 0 Å². The lowest BCUT2D eigenvalue weighted by molar-refractivity contribution is -0.428. The highest BCUT2D eigenvalue weighted by Crippen LogP contribution is 2.09. The Bertz CT molecular complexity index is 163. The Morgan fingerprint density at radius 2 is 2.18 bits per heavy atom. The van der Waals surface area contributed by atoms with E-state index in [0.29, 0.717) is 18.0 Å². The number of hydrogen-bond acceptors (Lipinski definition) is 2. The van der Waals surface area contributed by atoms with Crippen molar-refractivity contribution in [3.8, 4) is 0 Å². The summed E-state index contributed by atoms with van der Waals surface area (Å²) in [5.41, 5.74) is 0.333. The molecule has 11 heavy (non-hydrogen) atoms. The normalized spacial score (nSPS) is 14.6. The van der Waals surface area contributed by atoms with Crippen molar-refractivity contribution < 1.29 is 4.92 Å². The van der Waals surface area contributed by atoms with E-state index in [1.165, 1.54) is 0 Å². The van der Waals surface area contributed by atoms with E-state index in [0.717, 1.165) is 6.42 Å². The van der Waals surface area contributed by atoms with Crippen LogP contribution in [-0.2, 0) is 0 Å². The van der Waals surface area contributed by atoms with Gasteiger partial charge in [-0.25, -0.2) is 0 Å². The summed E-state index contributed by atoms with van der Waals surface area (Å²) >= 11 is 0. The highest BCUT2D eigenvalue weighted by Gasteiger charge is 2.08. The van der Waals surface area contributed by atoms with Gasteiger partial charge >= 0.3 is 0 Å². The third-order valence-electron chi connectivity index (χ3n) is 1.72. The standard InChI is InChI=1S/C8H15NO2/c1-4-7(3)6-8(5-2)9(10)11/h6-7H,4-5H2,1-3H3/b8-6-. The molecule has 0 aliphatic carbocycles. The zero-order valence-corrected chi connectivity index (χ0v) is 7.33. The van der Waals surface area contributed by atoms with Gasteiger partial charge in [-0.1, -0.05) is 20.8 Å². The van der Waals surface area contributed by atoms with E-state index in [-0.39, 0.29) is 4.92 Å². The zero-order valence-electron chi connectivity index (χ0n) is 7.33. The van der Waals surface area contributed by atoms with Crippen LogP contribution in [-0.4, -0.2) is 4.92 Å². The zero-order chi connectivity index (χ0) is 8.85. The van der Waals surface area contributed by atoms with Crippen molar-refractivity contribution in [2.24, 2.45) is 5.92 Å². The molecule has 0 saturated heterocycles. The first-order valence-electron chi connectivity index (χ1n) is 3.96. The van der Waals surface area contributed by atoms with Gasteiger partial charge in [-0.05, 0) is 18.4 Å². The van der Waals surface area contributed by atoms with E-state index in [1.54, 1.807) is 13.0 Å². The Morgan fingerprint density at radius 1 is 1.64 bits per heavy atom. The molecule has 0 rings (SSSR count). The van der Waals surface area contributed by atoms with Crippen molar-refractivity contribution in [3.05, 3.63) is 21.9 Å². The summed E-state index contributed by atoms with van der Waals surface area (Å²) in [6.45, 7) is 5.81. The molecule has 3 heteroatoms. The van der Waals surface area contributed by atoms with Crippen molar-refractivity contribution in [2.45, 2.75) is 33.6 Å². The van der Waals surface area contributed by atoms with E-state index in [2.05, 4.69) is 0 Å². The van der Waals surface area contributed by atoms with Gasteiger partial charge in [-0.15, -0.1) is 0 Å². The smallest absolute Gasteiger partial charge is 0.242 e. The Morgan fingerprint density at radius 3 is 2.45 bits per heavy atom. The van der Waals surface area contributed by atoms with E-state index in [1.807, 2.05) is 13.8 Å². The van der Waals surface area contributed by atoms with Crippen LogP contribution >= 0.6 is 0 Å². The SMILES string of the molecule is CC/C(=C/C(C)CC)[N+](=O)[O-]. The van der Waals surface area contributed by atoms with Crippen LogP contribution in [0.15, 0.2) is 11.8 Å². The second-order valence-electron chi connectivity index (χ2n) is 2.65. The minimum absolute atomic E-state index is 0.299. The first-order valence-corrected chi connectivity index (χ1v) is 3.96. The second kappa shape index (κ2) is 4.88. The van der Waals surface area contributed by atoms with Crippen molar-refractivity contribution in [1.29, 1.82) is 0 Å². The van der Waals surface area contributed by atoms with E-state index in [9.17, 15) is 10.1 Å². The highest BCUT2D eigenvalue weighted by atomic mass is 16.6. The lowest BCUT2D eigenvalue weighted by Crippen LogP contribution is -2.00. The molecule has 3 nitrogen and oxygen atoms in total. The summed E-state index contributed by atoms with van der Waals surface area (Å²) in [4.78, 5) is 10.0. The van der Waals surface area contributed by atoms with Crippen LogP contribution in [0.2, 0.25) is 0 Å². The Kier molecular flexibility index (Phi) is 4.50. The Balaban J connectivity index is 4.22. The van der Waals surface area contributed by atoms with Gasteiger partial charge in [0.05, 0.1) is 4.92 Å². The molecule has 0 saturated carbocycles. The van der Waals surface area contributed by atoms with Crippen molar-refractivity contribution in [2.75, 3.05) is 0 Å². The number of rotatable bonds is 4. The van der Waals surface area contributed by atoms with Crippen LogP contribution in [0.5, 0.6) is 0 Å². The van der Waals surface area contributed by atoms with E-state index < -0.39 is 0 Å². The predicted octanol–water partition coefficient (Wildman–Crippen LogP) is 2.60. The van der Waals surface area contributed by atoms with Crippen LogP contribution in [0.4, 0.5) is 0 Å². The van der Waals surface area contributed by atoms with Gasteiger partial charge in [-0.3, -0.25) is 10.1 Å². The molecular formula is C8H15NO2. The van der Waals surface area contributed by atoms with Gasteiger partial charge in [0.2, 0.25) is 5.70 Å². The minimum atomic E-state index is -0.299. The minimum Gasteiger partial charge on any atom is -0.259 e. The number of nitrogens with zero attached hydrogens (tertiary/aromatic N) is 1. The highest BCUT2D eigenvalue weighted by molar-refractivity contribution is 4.93. The van der Waals surface area contributed by atoms with Gasteiger partial charge in [0.1, 0.15) is 0 Å². The van der Waals surface area contributed by atoms with Crippen LogP contribution in [0, 0.1) is 16.0 Å². The summed E-state index contributed by atoms with van der Waals surface area (Å²) in [7, 11) is 0. The molecule has 64 valence electrons. The maximum absolute atomic E-state index is 10.3. The molecular weight excluding hydrogens is 142 g/mol. The summed E-state index contributed by atoms with van der Waals surface area (Å²) in [6, 6.07) is 0. The monoisotopic (exact) mass is 157 g/mol. The van der Waals surface area contributed by atoms with Gasteiger partial charge in [-0.2, -0.15) is 0 Å². The molecule has 0 aromatic carbocycles. The lowest BCUT2D eigenvalue weighted by atomic mass is 10.1. The van der Waals surface area contributed by atoms with Gasteiger partial charge in [0.15, 0.2) is 0 Å². The van der Waals surface area contributed by atoms with Crippen LogP contribution in [0.1, 0.15) is 33.6 Å². The molecule has 0 N–H and O–H groups in total. The third-order valence-corrected chi connectivity index (χ3v) is 1.72. The first kappa shape index (κ1) is 10.1. The molecule has 0 aliphatic heterocycles. The molecule has 1 unspecified atom stereocenters. The average Bonchev–Trinajstić information content (AvgIpc) is 1.99. The molecule has 0 amide bonds. The van der Waals surface area contributed by atoms with Crippen molar-refractivity contribution >= 4 is 0 Å². The van der Waals surface area contributed by atoms with Gasteiger partial charge in [0.25, 0.3) is 0 Å². The molecule has 0 fully saturated rings. The van der Waals surface area contributed by atoms with Gasteiger partial charge < -0.3 is 0 Å². The quantitative estimate of drug-likeness (QED) is 0.465. The largest absolute Gasteiger partial charge is 0.259 e. The maximum Gasteiger partial charge on any atom is 0.242 e. The first-order chi connectivity index (χ1) is 5.11. The number of hydrogen-bond donors (Lipinski definition) is 0. The van der Waals surface area contributed by atoms with Crippen LogP contribution in [0.3, 0.4) is 0 Å². The number of nitro groups is 1. The second-order valence-corrected chi connectivity index (χ2v) is 2.65. The lowest BCUT2D eigenvalue weighted by Gasteiger charge is -2.00. The Hall–Kier alpha value is -0.860. The fourth-order valence-electron chi connectivity index (χ4n) is 0.754. The maximum atomic E-state index is 10.3. The summed E-state index contributed by atoms with van der Waals surface area (Å²) < 4.78 is 0. The fraction of sp³-hybridized carbons (Fsp3) is 0.750. The average molecular weight is 157 g/mol. The van der Waals surface area contributed by atoms with Crippen LogP contribution in [0.25, 0.3) is 0 Å². The molecule has 0 bridgehead atoms. The molecule has 0 aromatic heterocycles. The Labute approximate surface area is 67.3 Å². The number of allylic oxidation sites excluding steroid dienone is 2. The topological polar surface area (TPSA) is 43.1 Å². The fourth-order valence-corrected chi connectivity index (χ4v) is 0.754. The summed E-state index contributed by atoms with van der Waals surface area (Å²) in [5.74, 6) is 0.315.